The van der Waals surface area contributed by atoms with E-state index < -0.39 is 0 Å². The highest BCUT2D eigenvalue weighted by atomic mass is 35.5. The van der Waals surface area contributed by atoms with Crippen LogP contribution in [0.25, 0.3) is 5.69 Å². The van der Waals surface area contributed by atoms with Crippen LogP contribution >= 0.6 is 20.8 Å². The van der Waals surface area contributed by atoms with Crippen LogP contribution in [0.3, 0.4) is 0 Å². The molecule has 2 aromatic rings. The highest BCUT2D eigenvalue weighted by molar-refractivity contribution is 7.20. The minimum atomic E-state index is -0.323. The zero-order valence-corrected chi connectivity index (χ0v) is 15.3. The third kappa shape index (κ3) is 3.09. The van der Waals surface area contributed by atoms with Crippen molar-refractivity contribution in [2.45, 2.75) is 18.2 Å². The average Bonchev–Trinajstić information content (AvgIpc) is 3.30. The SMILES string of the molecule is COC(=O)c1ccn(-c2cccc(CCl)c2)c1[C@@H]1CC1/C(N)=C/P. The molecule has 0 saturated heterocycles. The quantitative estimate of drug-likeness (QED) is 0.500. The summed E-state index contributed by atoms with van der Waals surface area (Å²) in [5, 5.41) is 0. The number of carbonyl (C=O) groups excluding carboxylic acids is 1. The maximum Gasteiger partial charge on any atom is 0.339 e. The van der Waals surface area contributed by atoms with Crippen molar-refractivity contribution in [3.8, 4) is 5.69 Å². The van der Waals surface area contributed by atoms with Gasteiger partial charge in [-0.15, -0.1) is 20.8 Å². The molecule has 1 heterocycles. The van der Waals surface area contributed by atoms with Crippen molar-refractivity contribution in [3.63, 3.8) is 0 Å². The molecule has 2 unspecified atom stereocenters. The van der Waals surface area contributed by atoms with E-state index in [9.17, 15) is 4.79 Å². The molecule has 2 N–H and O–H groups in total. The third-order valence-electron chi connectivity index (χ3n) is 4.44. The van der Waals surface area contributed by atoms with Crippen LogP contribution in [0.2, 0.25) is 0 Å². The lowest BCUT2D eigenvalue weighted by Crippen LogP contribution is -2.09. The number of esters is 1. The van der Waals surface area contributed by atoms with Crippen LogP contribution in [0, 0.1) is 5.92 Å². The number of hydrogen-bond acceptors (Lipinski definition) is 3. The van der Waals surface area contributed by atoms with Gasteiger partial charge in [0.15, 0.2) is 0 Å². The van der Waals surface area contributed by atoms with E-state index in [-0.39, 0.29) is 17.8 Å². The first-order valence-corrected chi connectivity index (χ1v) is 8.93. The first-order chi connectivity index (χ1) is 11.6. The molecule has 1 saturated carbocycles. The first-order valence-electron chi connectivity index (χ1n) is 7.72. The summed E-state index contributed by atoms with van der Waals surface area (Å²) < 4.78 is 6.99. The number of methoxy groups -OCH3 is 1. The second-order valence-corrected chi connectivity index (χ2v) is 6.50. The fourth-order valence-electron chi connectivity index (χ4n) is 3.11. The number of hydrogen-bond donors (Lipinski definition) is 1. The molecule has 1 aliphatic rings. The Hall–Kier alpha value is -1.77. The highest BCUT2D eigenvalue weighted by Gasteiger charge is 2.44. The molecule has 24 heavy (non-hydrogen) atoms. The zero-order chi connectivity index (χ0) is 17.3. The second-order valence-electron chi connectivity index (χ2n) is 5.90. The number of allylic oxidation sites excluding steroid dienone is 1. The van der Waals surface area contributed by atoms with Gasteiger partial charge in [0.25, 0.3) is 0 Å². The number of aromatic nitrogens is 1. The van der Waals surface area contributed by atoms with E-state index in [2.05, 4.69) is 9.24 Å². The van der Waals surface area contributed by atoms with E-state index in [1.165, 1.54) is 7.11 Å². The van der Waals surface area contributed by atoms with Gasteiger partial charge in [-0.25, -0.2) is 4.79 Å². The van der Waals surface area contributed by atoms with E-state index >= 15 is 0 Å². The average molecular weight is 363 g/mol. The lowest BCUT2D eigenvalue weighted by Gasteiger charge is -2.12. The van der Waals surface area contributed by atoms with Crippen molar-refractivity contribution in [1.29, 1.82) is 0 Å². The Labute approximate surface area is 148 Å². The Morgan fingerprint density at radius 3 is 2.96 bits per heavy atom. The third-order valence-corrected chi connectivity index (χ3v) is 5.13. The van der Waals surface area contributed by atoms with Crippen molar-refractivity contribution in [2.24, 2.45) is 11.7 Å². The van der Waals surface area contributed by atoms with Gasteiger partial charge >= 0.3 is 5.97 Å². The van der Waals surface area contributed by atoms with Gasteiger partial charge in [-0.05, 0) is 36.0 Å². The number of rotatable bonds is 5. The Kier molecular flexibility index (Phi) is 4.98. The van der Waals surface area contributed by atoms with Crippen LogP contribution in [-0.4, -0.2) is 17.6 Å². The minimum Gasteiger partial charge on any atom is -0.465 e. The van der Waals surface area contributed by atoms with Crippen molar-refractivity contribution < 1.29 is 9.53 Å². The summed E-state index contributed by atoms with van der Waals surface area (Å²) in [7, 11) is 3.94. The fourth-order valence-corrected chi connectivity index (χ4v) is 3.52. The summed E-state index contributed by atoms with van der Waals surface area (Å²) in [5.41, 5.74) is 10.5. The van der Waals surface area contributed by atoms with Crippen LogP contribution in [0.5, 0.6) is 0 Å². The molecular weight excluding hydrogens is 343 g/mol. The summed E-state index contributed by atoms with van der Waals surface area (Å²) in [5.74, 6) is 2.45. The van der Waals surface area contributed by atoms with Gasteiger partial charge in [0.1, 0.15) is 0 Å². The topological polar surface area (TPSA) is 57.2 Å². The first kappa shape index (κ1) is 17.1. The van der Waals surface area contributed by atoms with E-state index in [0.717, 1.165) is 29.1 Å². The predicted octanol–water partition coefficient (Wildman–Crippen LogP) is 3.78. The number of nitrogens with two attached hydrogens (primary N) is 1. The maximum atomic E-state index is 12.2. The van der Waals surface area contributed by atoms with Gasteiger partial charge < -0.3 is 15.0 Å². The standard InChI is InChI=1S/C18H20ClN2O2P/c1-23-18(22)13-5-6-21(12-4-2-3-11(7-12)9-19)17(13)15-8-14(15)16(20)10-24/h2-7,10,14-15H,8-9,20,24H2,1H3/b16-10-/t14?,15-/m1/s1. The molecule has 1 fully saturated rings. The smallest absolute Gasteiger partial charge is 0.339 e. The zero-order valence-electron chi connectivity index (χ0n) is 13.4. The van der Waals surface area contributed by atoms with Gasteiger partial charge in [0.05, 0.1) is 12.7 Å². The molecule has 0 radical (unpaired) electrons. The molecule has 3 rings (SSSR count). The number of nitrogens with zero attached hydrogens (tertiary/aromatic N) is 1. The van der Waals surface area contributed by atoms with E-state index in [0.29, 0.717) is 11.4 Å². The van der Waals surface area contributed by atoms with Gasteiger partial charge in [-0.1, -0.05) is 12.1 Å². The van der Waals surface area contributed by atoms with Crippen LogP contribution in [0.15, 0.2) is 48.0 Å². The van der Waals surface area contributed by atoms with Crippen molar-refractivity contribution >= 4 is 26.8 Å². The maximum absolute atomic E-state index is 12.2. The number of alkyl halides is 1. The molecule has 0 bridgehead atoms. The summed E-state index contributed by atoms with van der Waals surface area (Å²) in [6, 6.07) is 9.80. The molecular formula is C18H20ClN2O2P. The van der Waals surface area contributed by atoms with Crippen LogP contribution in [0.1, 0.15) is 34.0 Å². The molecule has 126 valence electrons. The van der Waals surface area contributed by atoms with Gasteiger partial charge in [-0.3, -0.25) is 0 Å². The lowest BCUT2D eigenvalue weighted by atomic mass is 10.1. The van der Waals surface area contributed by atoms with Crippen LogP contribution in [-0.2, 0) is 10.6 Å². The summed E-state index contributed by atoms with van der Waals surface area (Å²) in [4.78, 5) is 12.2. The predicted molar refractivity (Wildman–Crippen MR) is 99.5 cm³/mol. The normalized spacial score (nSPS) is 20.0. The lowest BCUT2D eigenvalue weighted by molar-refractivity contribution is 0.0599. The number of benzene rings is 1. The number of halogens is 1. The van der Waals surface area contributed by atoms with E-state index in [4.69, 9.17) is 22.1 Å². The fraction of sp³-hybridized carbons (Fsp3) is 0.278. The Morgan fingerprint density at radius 2 is 2.29 bits per heavy atom. The Morgan fingerprint density at radius 1 is 1.50 bits per heavy atom. The summed E-state index contributed by atoms with van der Waals surface area (Å²) >= 11 is 5.95. The molecule has 1 aromatic heterocycles. The van der Waals surface area contributed by atoms with Crippen molar-refractivity contribution in [2.75, 3.05) is 7.11 Å². The second kappa shape index (κ2) is 7.00. The number of ether oxygens (including phenoxy) is 1. The van der Waals surface area contributed by atoms with Crippen molar-refractivity contribution in [3.05, 3.63) is 64.9 Å². The van der Waals surface area contributed by atoms with Crippen LogP contribution < -0.4 is 5.73 Å². The molecule has 1 aliphatic carbocycles. The molecule has 0 spiro atoms. The Balaban J connectivity index is 2.07. The minimum absolute atomic E-state index is 0.213. The molecule has 6 heteroatoms. The molecule has 0 aliphatic heterocycles. The van der Waals surface area contributed by atoms with Gasteiger partial charge in [-0.2, -0.15) is 0 Å². The molecule has 1 aromatic carbocycles. The highest BCUT2D eigenvalue weighted by Crippen LogP contribution is 2.52. The summed E-state index contributed by atoms with van der Waals surface area (Å²) in [6.07, 6.45) is 2.84. The Bertz CT molecular complexity index is 800. The van der Waals surface area contributed by atoms with Crippen molar-refractivity contribution in [1.82, 2.24) is 4.57 Å². The molecule has 0 amide bonds. The molecule has 4 nitrogen and oxygen atoms in total. The number of carbonyl (C=O) groups is 1. The van der Waals surface area contributed by atoms with Crippen LogP contribution in [0.4, 0.5) is 0 Å². The summed E-state index contributed by atoms with van der Waals surface area (Å²) in [6.45, 7) is 0. The largest absolute Gasteiger partial charge is 0.465 e. The molecule has 3 atom stereocenters. The van der Waals surface area contributed by atoms with Gasteiger partial charge in [0.2, 0.25) is 0 Å². The van der Waals surface area contributed by atoms with Gasteiger partial charge in [0, 0.05) is 41.0 Å². The monoisotopic (exact) mass is 362 g/mol. The van der Waals surface area contributed by atoms with E-state index in [1.54, 1.807) is 0 Å². The van der Waals surface area contributed by atoms with E-state index in [1.807, 2.05) is 46.9 Å².